The molecule has 0 atom stereocenters. The second-order valence-corrected chi connectivity index (χ2v) is 9.74. The molecule has 186 valence electrons. The summed E-state index contributed by atoms with van der Waals surface area (Å²) in [5, 5.41) is 0. The zero-order chi connectivity index (χ0) is 25.8. The molecule has 0 bridgehead atoms. The Hall–Kier alpha value is -3.08. The Morgan fingerprint density at radius 1 is 0.743 bits per heavy atom. The molecule has 0 saturated heterocycles. The minimum absolute atomic E-state index is 0.0173. The van der Waals surface area contributed by atoms with Gasteiger partial charge in [0.05, 0.1) is 6.54 Å². The Labute approximate surface area is 206 Å². The van der Waals surface area contributed by atoms with Crippen molar-refractivity contribution in [1.29, 1.82) is 0 Å². The molecule has 35 heavy (non-hydrogen) atoms. The molecule has 0 aliphatic carbocycles. The molecule has 0 spiro atoms. The predicted molar refractivity (Wildman–Crippen MR) is 138 cm³/mol. The van der Waals surface area contributed by atoms with Crippen LogP contribution < -0.4 is 4.74 Å². The summed E-state index contributed by atoms with van der Waals surface area (Å²) in [6, 6.07) is 19.3. The minimum Gasteiger partial charge on any atom is -0.457 e. The zero-order valence-electron chi connectivity index (χ0n) is 21.3. The molecule has 0 saturated carbocycles. The predicted octanol–water partition coefficient (Wildman–Crippen LogP) is 9.40. The lowest BCUT2D eigenvalue weighted by Gasteiger charge is -2.22. The van der Waals surface area contributed by atoms with Crippen molar-refractivity contribution in [1.82, 2.24) is 0 Å². The van der Waals surface area contributed by atoms with E-state index >= 15 is 0 Å². The highest BCUT2D eigenvalue weighted by Gasteiger charge is 2.36. The van der Waals surface area contributed by atoms with E-state index in [-0.39, 0.29) is 23.9 Å². The summed E-state index contributed by atoms with van der Waals surface area (Å²) in [5.41, 5.74) is 3.38. The largest absolute Gasteiger partial charge is 0.457 e. The lowest BCUT2D eigenvalue weighted by atomic mass is 9.84. The van der Waals surface area contributed by atoms with Crippen molar-refractivity contribution in [3.05, 3.63) is 94.5 Å². The molecule has 2 nitrogen and oxygen atoms in total. The first-order valence-electron chi connectivity index (χ1n) is 12.1. The van der Waals surface area contributed by atoms with E-state index in [9.17, 15) is 13.2 Å². The van der Waals surface area contributed by atoms with Gasteiger partial charge >= 0.3 is 6.18 Å². The van der Waals surface area contributed by atoms with E-state index in [2.05, 4.69) is 58.7 Å². The minimum atomic E-state index is -4.57. The molecule has 0 amide bonds. The molecule has 0 fully saturated rings. The summed E-state index contributed by atoms with van der Waals surface area (Å²) >= 11 is 0. The molecular weight excluding hydrogens is 447 g/mol. The van der Waals surface area contributed by atoms with Crippen molar-refractivity contribution in [3.63, 3.8) is 0 Å². The van der Waals surface area contributed by atoms with Crippen LogP contribution in [0.1, 0.15) is 87.1 Å². The molecule has 0 unspecified atom stereocenters. The molecule has 3 aromatic carbocycles. The first-order chi connectivity index (χ1) is 16.5. The first-order valence-corrected chi connectivity index (χ1v) is 12.1. The third-order valence-corrected chi connectivity index (χ3v) is 6.02. The van der Waals surface area contributed by atoms with Gasteiger partial charge in [0.15, 0.2) is 0 Å². The Kier molecular flexibility index (Phi) is 8.42. The smallest absolute Gasteiger partial charge is 0.433 e. The fourth-order valence-corrected chi connectivity index (χ4v) is 4.10. The van der Waals surface area contributed by atoms with Crippen LogP contribution >= 0.6 is 0 Å². The fourth-order valence-electron chi connectivity index (χ4n) is 4.10. The van der Waals surface area contributed by atoms with E-state index in [1.54, 1.807) is 24.3 Å². The normalized spacial score (nSPS) is 12.6. The van der Waals surface area contributed by atoms with Crippen molar-refractivity contribution in [2.24, 2.45) is 4.99 Å². The average molecular weight is 482 g/mol. The number of rotatable bonds is 8. The van der Waals surface area contributed by atoms with E-state index in [0.717, 1.165) is 16.7 Å². The van der Waals surface area contributed by atoms with Crippen LogP contribution in [0.5, 0.6) is 11.5 Å². The van der Waals surface area contributed by atoms with Crippen LogP contribution in [-0.4, -0.2) is 11.9 Å². The highest BCUT2D eigenvalue weighted by atomic mass is 19.4. The maximum Gasteiger partial charge on any atom is 0.433 e. The van der Waals surface area contributed by atoms with Crippen molar-refractivity contribution >= 4 is 5.71 Å². The van der Waals surface area contributed by atoms with Crippen molar-refractivity contribution in [2.45, 2.75) is 72.0 Å². The number of halogens is 3. The van der Waals surface area contributed by atoms with E-state index in [0.29, 0.717) is 17.4 Å². The summed E-state index contributed by atoms with van der Waals surface area (Å²) in [6.45, 7) is 12.6. The molecule has 0 heterocycles. The van der Waals surface area contributed by atoms with Gasteiger partial charge in [0.2, 0.25) is 0 Å². The van der Waals surface area contributed by atoms with Gasteiger partial charge in [-0.05, 0) is 76.4 Å². The fraction of sp³-hybridized carbons (Fsp3) is 0.367. The SMILES string of the molecule is CC(C)c1cc(C(C)C)c(CN=C(c2ccc(Oc3ccccc3)cc2)C(F)(F)F)c(C(C)C)c1. The van der Waals surface area contributed by atoms with Gasteiger partial charge in [-0.1, -0.05) is 71.9 Å². The van der Waals surface area contributed by atoms with Crippen LogP contribution in [0, 0.1) is 0 Å². The molecule has 3 aromatic rings. The van der Waals surface area contributed by atoms with Crippen molar-refractivity contribution in [2.75, 3.05) is 0 Å². The summed E-state index contributed by atoms with van der Waals surface area (Å²) in [4.78, 5) is 4.16. The van der Waals surface area contributed by atoms with Gasteiger partial charge in [-0.15, -0.1) is 0 Å². The lowest BCUT2D eigenvalue weighted by Crippen LogP contribution is -2.24. The van der Waals surface area contributed by atoms with Gasteiger partial charge in [-0.2, -0.15) is 13.2 Å². The van der Waals surface area contributed by atoms with Crippen molar-refractivity contribution in [3.8, 4) is 11.5 Å². The van der Waals surface area contributed by atoms with Gasteiger partial charge in [0, 0.05) is 5.56 Å². The van der Waals surface area contributed by atoms with E-state index < -0.39 is 11.9 Å². The molecule has 0 radical (unpaired) electrons. The van der Waals surface area contributed by atoms with Gasteiger partial charge in [0.1, 0.15) is 17.2 Å². The number of aliphatic imine (C=N–C) groups is 1. The number of hydrogen-bond donors (Lipinski definition) is 0. The van der Waals surface area contributed by atoms with Crippen LogP contribution in [0.4, 0.5) is 13.2 Å². The molecule has 0 aliphatic rings. The number of benzene rings is 3. The van der Waals surface area contributed by atoms with Gasteiger partial charge < -0.3 is 4.74 Å². The monoisotopic (exact) mass is 481 g/mol. The Bertz CT molecular complexity index is 1120. The first kappa shape index (κ1) is 26.5. The Balaban J connectivity index is 1.99. The van der Waals surface area contributed by atoms with Crippen LogP contribution in [0.2, 0.25) is 0 Å². The van der Waals surface area contributed by atoms with Gasteiger partial charge in [-0.3, -0.25) is 4.99 Å². The van der Waals surface area contributed by atoms with E-state index in [1.807, 2.05) is 18.2 Å². The van der Waals surface area contributed by atoms with Crippen LogP contribution in [0.15, 0.2) is 71.7 Å². The summed E-state index contributed by atoms with van der Waals surface area (Å²) in [6.07, 6.45) is -4.57. The van der Waals surface area contributed by atoms with Crippen LogP contribution in [0.3, 0.4) is 0 Å². The standard InChI is InChI=1S/C30H34F3NO/c1-19(2)23-16-26(20(3)4)28(27(17-23)21(5)6)18-34-29(30(31,32)33)22-12-14-25(15-13-22)35-24-10-8-7-9-11-24/h7-17,19-21H,18H2,1-6H3. The van der Waals surface area contributed by atoms with Crippen LogP contribution in [-0.2, 0) is 6.54 Å². The molecule has 5 heteroatoms. The number of hydrogen-bond acceptors (Lipinski definition) is 2. The Morgan fingerprint density at radius 2 is 1.26 bits per heavy atom. The number of alkyl halides is 3. The molecule has 3 rings (SSSR count). The Morgan fingerprint density at radius 3 is 1.71 bits per heavy atom. The second-order valence-electron chi connectivity index (χ2n) is 9.74. The third-order valence-electron chi connectivity index (χ3n) is 6.02. The molecule has 0 aliphatic heterocycles. The van der Waals surface area contributed by atoms with E-state index in [4.69, 9.17) is 4.74 Å². The highest BCUT2D eigenvalue weighted by molar-refractivity contribution is 6.04. The zero-order valence-corrected chi connectivity index (χ0v) is 21.3. The average Bonchev–Trinajstić information content (AvgIpc) is 2.79. The lowest BCUT2D eigenvalue weighted by molar-refractivity contribution is -0.0582. The number of nitrogens with zero attached hydrogens (tertiary/aromatic N) is 1. The van der Waals surface area contributed by atoms with Gasteiger partial charge in [0.25, 0.3) is 0 Å². The van der Waals surface area contributed by atoms with E-state index in [1.165, 1.54) is 17.7 Å². The second kappa shape index (κ2) is 11.1. The molecule has 0 N–H and O–H groups in total. The molecule has 0 aromatic heterocycles. The molecular formula is C30H34F3NO. The summed E-state index contributed by atoms with van der Waals surface area (Å²) in [5.74, 6) is 1.79. The number of para-hydroxylation sites is 1. The quantitative estimate of drug-likeness (QED) is 0.294. The number of ether oxygens (including phenoxy) is 1. The maximum atomic E-state index is 14.1. The highest BCUT2D eigenvalue weighted by Crippen LogP contribution is 2.34. The summed E-state index contributed by atoms with van der Waals surface area (Å²) < 4.78 is 48.0. The third kappa shape index (κ3) is 6.74. The maximum absolute atomic E-state index is 14.1. The topological polar surface area (TPSA) is 21.6 Å². The van der Waals surface area contributed by atoms with Crippen molar-refractivity contribution < 1.29 is 17.9 Å². The van der Waals surface area contributed by atoms with Crippen LogP contribution in [0.25, 0.3) is 0 Å². The summed E-state index contributed by atoms with van der Waals surface area (Å²) in [7, 11) is 0. The van der Waals surface area contributed by atoms with Gasteiger partial charge in [-0.25, -0.2) is 0 Å².